The van der Waals surface area contributed by atoms with Crippen LogP contribution in [0, 0.1) is 17.3 Å². The summed E-state index contributed by atoms with van der Waals surface area (Å²) in [7, 11) is 0. The van der Waals surface area contributed by atoms with Crippen molar-refractivity contribution < 1.29 is 5.11 Å². The third kappa shape index (κ3) is 1.70. The molecule has 2 heteroatoms. The molecule has 0 radical (unpaired) electrons. The molecule has 0 saturated heterocycles. The van der Waals surface area contributed by atoms with Crippen LogP contribution in [-0.2, 0) is 5.60 Å². The van der Waals surface area contributed by atoms with Gasteiger partial charge in [-0.2, -0.15) is 0 Å². The molecule has 19 heavy (non-hydrogen) atoms. The predicted molar refractivity (Wildman–Crippen MR) is 77.6 cm³/mol. The van der Waals surface area contributed by atoms with Gasteiger partial charge in [0.1, 0.15) is 0 Å². The summed E-state index contributed by atoms with van der Waals surface area (Å²) in [5.74, 6) is 1.39. The first-order chi connectivity index (χ1) is 9.16. The summed E-state index contributed by atoms with van der Waals surface area (Å²) in [6.07, 6.45) is 5.70. The standard InChI is InChI=1S/C17H25NO/c1-2-17(19,14-6-4-3-5-7-14)16(12-18)11-13-8-9-15(16)10-13/h3-7,13,15,19H,2,8-12,18H2,1H3. The van der Waals surface area contributed by atoms with Crippen LogP contribution in [0.1, 0.15) is 44.6 Å². The van der Waals surface area contributed by atoms with E-state index in [0.29, 0.717) is 12.5 Å². The summed E-state index contributed by atoms with van der Waals surface area (Å²) in [6, 6.07) is 10.2. The quantitative estimate of drug-likeness (QED) is 0.873. The van der Waals surface area contributed by atoms with E-state index in [1.165, 1.54) is 19.3 Å². The molecule has 3 rings (SSSR count). The van der Waals surface area contributed by atoms with Crippen molar-refractivity contribution in [2.24, 2.45) is 23.0 Å². The molecule has 0 amide bonds. The Kier molecular flexibility index (Phi) is 3.18. The fourth-order valence-electron chi connectivity index (χ4n) is 4.93. The number of nitrogens with two attached hydrogens (primary N) is 1. The van der Waals surface area contributed by atoms with Crippen molar-refractivity contribution in [2.75, 3.05) is 6.54 Å². The number of hydrogen-bond donors (Lipinski definition) is 2. The number of hydrogen-bond acceptors (Lipinski definition) is 2. The third-order valence-corrected chi connectivity index (χ3v) is 5.93. The lowest BCUT2D eigenvalue weighted by Crippen LogP contribution is -2.53. The molecule has 2 bridgehead atoms. The topological polar surface area (TPSA) is 46.2 Å². The fourth-order valence-corrected chi connectivity index (χ4v) is 4.93. The van der Waals surface area contributed by atoms with E-state index in [2.05, 4.69) is 19.1 Å². The van der Waals surface area contributed by atoms with Gasteiger partial charge in [-0.3, -0.25) is 0 Å². The highest BCUT2D eigenvalue weighted by molar-refractivity contribution is 5.28. The van der Waals surface area contributed by atoms with Crippen molar-refractivity contribution in [1.29, 1.82) is 0 Å². The maximum atomic E-state index is 11.5. The molecule has 0 aliphatic heterocycles. The lowest BCUT2D eigenvalue weighted by Gasteiger charge is -2.50. The Labute approximate surface area is 116 Å². The minimum Gasteiger partial charge on any atom is -0.385 e. The van der Waals surface area contributed by atoms with Crippen LogP contribution in [0.4, 0.5) is 0 Å². The van der Waals surface area contributed by atoms with Crippen LogP contribution in [0.25, 0.3) is 0 Å². The highest BCUT2D eigenvalue weighted by Gasteiger charge is 2.60. The second kappa shape index (κ2) is 4.60. The van der Waals surface area contributed by atoms with Gasteiger partial charge >= 0.3 is 0 Å². The van der Waals surface area contributed by atoms with Crippen LogP contribution >= 0.6 is 0 Å². The van der Waals surface area contributed by atoms with E-state index in [1.54, 1.807) is 0 Å². The Bertz CT molecular complexity index is 446. The van der Waals surface area contributed by atoms with Crippen molar-refractivity contribution in [1.82, 2.24) is 0 Å². The molecule has 2 nitrogen and oxygen atoms in total. The van der Waals surface area contributed by atoms with Crippen molar-refractivity contribution in [2.45, 2.75) is 44.6 Å². The number of fused-ring (bicyclic) bond motifs is 2. The average molecular weight is 259 g/mol. The number of benzene rings is 1. The van der Waals surface area contributed by atoms with Crippen LogP contribution in [-0.4, -0.2) is 11.7 Å². The molecule has 2 aliphatic carbocycles. The van der Waals surface area contributed by atoms with Gasteiger partial charge in [0.05, 0.1) is 5.60 Å². The largest absolute Gasteiger partial charge is 0.385 e. The summed E-state index contributed by atoms with van der Waals surface area (Å²) in [5.41, 5.74) is 6.38. The summed E-state index contributed by atoms with van der Waals surface area (Å²) in [5, 5.41) is 11.5. The Morgan fingerprint density at radius 1 is 1.32 bits per heavy atom. The molecule has 2 saturated carbocycles. The molecular weight excluding hydrogens is 234 g/mol. The van der Waals surface area contributed by atoms with Gasteiger partial charge < -0.3 is 10.8 Å². The zero-order valence-electron chi connectivity index (χ0n) is 11.8. The van der Waals surface area contributed by atoms with Gasteiger partial charge in [0.15, 0.2) is 0 Å². The van der Waals surface area contributed by atoms with Crippen LogP contribution < -0.4 is 5.73 Å². The molecule has 2 aliphatic rings. The van der Waals surface area contributed by atoms with Crippen LogP contribution in [0.3, 0.4) is 0 Å². The first-order valence-corrected chi connectivity index (χ1v) is 7.64. The number of rotatable bonds is 4. The monoisotopic (exact) mass is 259 g/mol. The van der Waals surface area contributed by atoms with E-state index >= 15 is 0 Å². The first kappa shape index (κ1) is 13.1. The molecule has 4 unspecified atom stereocenters. The van der Waals surface area contributed by atoms with E-state index in [-0.39, 0.29) is 5.41 Å². The Morgan fingerprint density at radius 2 is 2.05 bits per heavy atom. The molecule has 0 spiro atoms. The van der Waals surface area contributed by atoms with Crippen LogP contribution in [0.2, 0.25) is 0 Å². The minimum absolute atomic E-state index is 0.105. The zero-order valence-corrected chi connectivity index (χ0v) is 11.8. The number of aliphatic hydroxyl groups is 1. The summed E-state index contributed by atoms with van der Waals surface area (Å²) >= 11 is 0. The van der Waals surface area contributed by atoms with Gasteiger partial charge in [-0.1, -0.05) is 43.7 Å². The van der Waals surface area contributed by atoms with Crippen molar-refractivity contribution in [3.05, 3.63) is 35.9 Å². The molecule has 2 fully saturated rings. The molecule has 1 aromatic carbocycles. The molecule has 3 N–H and O–H groups in total. The van der Waals surface area contributed by atoms with Gasteiger partial charge in [-0.05, 0) is 43.1 Å². The maximum absolute atomic E-state index is 11.5. The predicted octanol–water partition coefficient (Wildman–Crippen LogP) is 3.05. The van der Waals surface area contributed by atoms with E-state index in [4.69, 9.17) is 5.73 Å². The van der Waals surface area contributed by atoms with E-state index in [1.807, 2.05) is 18.2 Å². The molecule has 104 valence electrons. The molecule has 1 aromatic rings. The smallest absolute Gasteiger partial charge is 0.0964 e. The second-order valence-electron chi connectivity index (χ2n) is 6.52. The van der Waals surface area contributed by atoms with Crippen molar-refractivity contribution >= 4 is 0 Å². The SMILES string of the molecule is CCC(O)(c1ccccc1)C1(CN)CC2CCC1C2. The van der Waals surface area contributed by atoms with E-state index in [9.17, 15) is 5.11 Å². The van der Waals surface area contributed by atoms with Crippen LogP contribution in [0.15, 0.2) is 30.3 Å². The Morgan fingerprint density at radius 3 is 2.53 bits per heavy atom. The normalized spacial score (nSPS) is 36.4. The summed E-state index contributed by atoms with van der Waals surface area (Å²) in [6.45, 7) is 2.70. The van der Waals surface area contributed by atoms with Crippen molar-refractivity contribution in [3.63, 3.8) is 0 Å². The summed E-state index contributed by atoms with van der Waals surface area (Å²) < 4.78 is 0. The van der Waals surface area contributed by atoms with Crippen LogP contribution in [0.5, 0.6) is 0 Å². The van der Waals surface area contributed by atoms with E-state index in [0.717, 1.165) is 24.3 Å². The molecule has 0 heterocycles. The maximum Gasteiger partial charge on any atom is 0.0964 e. The lowest BCUT2D eigenvalue weighted by atomic mass is 9.59. The van der Waals surface area contributed by atoms with Gasteiger partial charge in [0, 0.05) is 12.0 Å². The fraction of sp³-hybridized carbons (Fsp3) is 0.647. The Hall–Kier alpha value is -0.860. The molecule has 4 atom stereocenters. The highest BCUT2D eigenvalue weighted by Crippen LogP contribution is 2.63. The van der Waals surface area contributed by atoms with E-state index < -0.39 is 5.60 Å². The Balaban J connectivity index is 2.05. The summed E-state index contributed by atoms with van der Waals surface area (Å²) in [4.78, 5) is 0. The van der Waals surface area contributed by atoms with Gasteiger partial charge in [-0.15, -0.1) is 0 Å². The van der Waals surface area contributed by atoms with Gasteiger partial charge in [-0.25, -0.2) is 0 Å². The zero-order chi connectivity index (χ0) is 13.5. The average Bonchev–Trinajstić information content (AvgIpc) is 3.08. The van der Waals surface area contributed by atoms with Crippen molar-refractivity contribution in [3.8, 4) is 0 Å². The van der Waals surface area contributed by atoms with Gasteiger partial charge in [0.2, 0.25) is 0 Å². The minimum atomic E-state index is -0.761. The molecule has 0 aromatic heterocycles. The third-order valence-electron chi connectivity index (χ3n) is 5.93. The first-order valence-electron chi connectivity index (χ1n) is 7.64. The molecular formula is C17H25NO. The second-order valence-corrected chi connectivity index (χ2v) is 6.52. The lowest BCUT2D eigenvalue weighted by molar-refractivity contribution is -0.119. The highest BCUT2D eigenvalue weighted by atomic mass is 16.3. The van der Waals surface area contributed by atoms with Gasteiger partial charge in [0.25, 0.3) is 0 Å².